The molecule has 0 aliphatic rings. The van der Waals surface area contributed by atoms with Crippen LogP contribution in [0.3, 0.4) is 0 Å². The van der Waals surface area contributed by atoms with E-state index >= 15 is 0 Å². The van der Waals surface area contributed by atoms with Crippen LogP contribution in [-0.4, -0.2) is 23.0 Å². The van der Waals surface area contributed by atoms with Gasteiger partial charge in [-0.3, -0.25) is 4.90 Å². The van der Waals surface area contributed by atoms with Gasteiger partial charge in [0.05, 0.1) is 11.6 Å². The maximum absolute atomic E-state index is 12.9. The molecule has 0 heterocycles. The molecule has 0 spiro atoms. The number of ether oxygens (including phenoxy) is 1. The van der Waals surface area contributed by atoms with Crippen molar-refractivity contribution in [1.29, 1.82) is 5.26 Å². The number of benzene rings is 4. The largest absolute Gasteiger partial charge is 0.442 e. The molecule has 0 aliphatic heterocycles. The Morgan fingerprint density at radius 3 is 1.57 bits per heavy atom. The van der Waals surface area contributed by atoms with Crippen LogP contribution < -0.4 is 0 Å². The third kappa shape index (κ3) is 6.89. The second-order valence-corrected chi connectivity index (χ2v) is 8.45. The summed E-state index contributed by atoms with van der Waals surface area (Å²) in [4.78, 5) is 15.2. The van der Waals surface area contributed by atoms with Gasteiger partial charge in [0, 0.05) is 13.1 Å². The molecule has 4 aromatic rings. The van der Waals surface area contributed by atoms with Crippen LogP contribution in [0.25, 0.3) is 0 Å². The van der Waals surface area contributed by atoms with E-state index in [1.165, 1.54) is 0 Å². The molecule has 0 aliphatic carbocycles. The van der Waals surface area contributed by atoms with Crippen molar-refractivity contribution in [1.82, 2.24) is 4.90 Å². The first-order valence-corrected chi connectivity index (χ1v) is 11.7. The fourth-order valence-electron chi connectivity index (χ4n) is 4.16. The molecular weight excluding hydrogens is 432 g/mol. The van der Waals surface area contributed by atoms with Crippen LogP contribution in [0, 0.1) is 11.3 Å². The zero-order chi connectivity index (χ0) is 24.3. The van der Waals surface area contributed by atoms with Crippen LogP contribution in [0.15, 0.2) is 121 Å². The minimum Gasteiger partial charge on any atom is -0.442 e. The maximum Gasteiger partial charge on any atom is 0.339 e. The second kappa shape index (κ2) is 12.3. The lowest BCUT2D eigenvalue weighted by molar-refractivity contribution is 0.0125. The van der Waals surface area contributed by atoms with Gasteiger partial charge in [0.2, 0.25) is 6.10 Å². The van der Waals surface area contributed by atoms with E-state index < -0.39 is 12.1 Å². The lowest BCUT2D eigenvalue weighted by Gasteiger charge is -2.34. The Balaban J connectivity index is 1.68. The van der Waals surface area contributed by atoms with Crippen molar-refractivity contribution in [3.63, 3.8) is 0 Å². The Labute approximate surface area is 207 Å². The average molecular weight is 461 g/mol. The van der Waals surface area contributed by atoms with Gasteiger partial charge in [0.15, 0.2) is 0 Å². The Kier molecular flexibility index (Phi) is 8.42. The number of carbonyl (C=O) groups excluding carboxylic acids is 1. The number of esters is 1. The fraction of sp³-hybridized carbons (Fsp3) is 0.161. The van der Waals surface area contributed by atoms with Crippen molar-refractivity contribution in [3.8, 4) is 6.07 Å². The molecular formula is C31H28N2O2. The van der Waals surface area contributed by atoms with E-state index in [0.717, 1.165) is 16.7 Å². The molecule has 1 unspecified atom stereocenters. The van der Waals surface area contributed by atoms with Gasteiger partial charge in [-0.25, -0.2) is 4.79 Å². The predicted octanol–water partition coefficient (Wildman–Crippen LogP) is 6.05. The Hall–Kier alpha value is -4.20. The number of hydrogen-bond acceptors (Lipinski definition) is 4. The van der Waals surface area contributed by atoms with Gasteiger partial charge in [-0.05, 0) is 35.2 Å². The van der Waals surface area contributed by atoms with Crippen molar-refractivity contribution in [2.75, 3.05) is 0 Å². The SMILES string of the molecule is N#C[C@@H](OC(=O)c1ccccc1)C(Cc1ccccc1)N(Cc1ccccc1)Cc1ccccc1. The maximum atomic E-state index is 12.9. The highest BCUT2D eigenvalue weighted by molar-refractivity contribution is 5.89. The summed E-state index contributed by atoms with van der Waals surface area (Å²) >= 11 is 0. The molecule has 0 fully saturated rings. The van der Waals surface area contributed by atoms with Crippen LogP contribution in [0.4, 0.5) is 0 Å². The molecule has 174 valence electrons. The normalized spacial score (nSPS) is 12.5. The molecule has 0 bridgehead atoms. The first-order valence-electron chi connectivity index (χ1n) is 11.7. The van der Waals surface area contributed by atoms with E-state index in [2.05, 4.69) is 35.2 Å². The summed E-state index contributed by atoms with van der Waals surface area (Å²) in [7, 11) is 0. The summed E-state index contributed by atoms with van der Waals surface area (Å²) in [5, 5.41) is 10.2. The van der Waals surface area contributed by atoms with E-state index in [0.29, 0.717) is 25.1 Å². The van der Waals surface area contributed by atoms with Crippen LogP contribution in [0.1, 0.15) is 27.0 Å². The van der Waals surface area contributed by atoms with Gasteiger partial charge in [-0.1, -0.05) is 109 Å². The molecule has 35 heavy (non-hydrogen) atoms. The van der Waals surface area contributed by atoms with Gasteiger partial charge in [0.25, 0.3) is 0 Å². The van der Waals surface area contributed by atoms with Crippen molar-refractivity contribution < 1.29 is 9.53 Å². The first-order chi connectivity index (χ1) is 17.2. The lowest BCUT2D eigenvalue weighted by atomic mass is 9.98. The summed E-state index contributed by atoms with van der Waals surface area (Å²) in [5.41, 5.74) is 3.78. The summed E-state index contributed by atoms with van der Waals surface area (Å²) in [6.07, 6.45) is -0.379. The number of hydrogen-bond donors (Lipinski definition) is 0. The zero-order valence-corrected chi connectivity index (χ0v) is 19.5. The Morgan fingerprint density at radius 2 is 1.11 bits per heavy atom. The van der Waals surface area contributed by atoms with Crippen molar-refractivity contribution >= 4 is 5.97 Å². The molecule has 0 saturated carbocycles. The third-order valence-corrected chi connectivity index (χ3v) is 5.93. The zero-order valence-electron chi connectivity index (χ0n) is 19.5. The van der Waals surface area contributed by atoms with Gasteiger partial charge in [0.1, 0.15) is 6.07 Å². The Bertz CT molecular complexity index is 1180. The third-order valence-electron chi connectivity index (χ3n) is 5.93. The first kappa shape index (κ1) is 23.9. The van der Waals surface area contributed by atoms with Crippen molar-refractivity contribution in [3.05, 3.63) is 144 Å². The number of carbonyl (C=O) groups is 1. The van der Waals surface area contributed by atoms with E-state index in [1.807, 2.05) is 72.8 Å². The quantitative estimate of drug-likeness (QED) is 0.270. The van der Waals surface area contributed by atoms with Gasteiger partial charge in [-0.15, -0.1) is 0 Å². The summed E-state index contributed by atoms with van der Waals surface area (Å²) in [6, 6.07) is 41.2. The van der Waals surface area contributed by atoms with Crippen molar-refractivity contribution in [2.45, 2.75) is 31.7 Å². The molecule has 4 heteroatoms. The molecule has 4 nitrogen and oxygen atoms in total. The van der Waals surface area contributed by atoms with Crippen LogP contribution in [-0.2, 0) is 24.2 Å². The molecule has 0 radical (unpaired) electrons. The summed E-state index contributed by atoms with van der Waals surface area (Å²) in [5.74, 6) is -0.491. The molecule has 0 aromatic heterocycles. The average Bonchev–Trinajstić information content (AvgIpc) is 2.92. The second-order valence-electron chi connectivity index (χ2n) is 8.45. The number of nitriles is 1. The molecule has 4 aromatic carbocycles. The van der Waals surface area contributed by atoms with Crippen LogP contribution in [0.5, 0.6) is 0 Å². The smallest absolute Gasteiger partial charge is 0.339 e. The molecule has 4 rings (SSSR count). The summed E-state index contributed by atoms with van der Waals surface area (Å²) in [6.45, 7) is 1.24. The van der Waals surface area contributed by atoms with Crippen LogP contribution in [0.2, 0.25) is 0 Å². The molecule has 0 amide bonds. The van der Waals surface area contributed by atoms with Gasteiger partial charge < -0.3 is 4.74 Å². The fourth-order valence-corrected chi connectivity index (χ4v) is 4.16. The minimum absolute atomic E-state index is 0.351. The highest BCUT2D eigenvalue weighted by Crippen LogP contribution is 2.22. The van der Waals surface area contributed by atoms with E-state index in [9.17, 15) is 10.1 Å². The number of nitrogens with zero attached hydrogens (tertiary/aromatic N) is 2. The van der Waals surface area contributed by atoms with Gasteiger partial charge in [-0.2, -0.15) is 5.26 Å². The molecule has 0 N–H and O–H groups in total. The highest BCUT2D eigenvalue weighted by Gasteiger charge is 2.31. The topological polar surface area (TPSA) is 53.3 Å². The number of rotatable bonds is 10. The monoisotopic (exact) mass is 460 g/mol. The Morgan fingerprint density at radius 1 is 0.686 bits per heavy atom. The minimum atomic E-state index is -0.949. The van der Waals surface area contributed by atoms with E-state index in [-0.39, 0.29) is 6.04 Å². The summed E-state index contributed by atoms with van der Waals surface area (Å²) < 4.78 is 5.83. The van der Waals surface area contributed by atoms with E-state index in [1.54, 1.807) is 24.3 Å². The highest BCUT2D eigenvalue weighted by atomic mass is 16.5. The molecule has 0 saturated heterocycles. The standard InChI is InChI=1S/C31H28N2O2/c32-22-30(35-31(34)28-19-11-4-12-20-28)29(21-25-13-5-1-6-14-25)33(23-26-15-7-2-8-16-26)24-27-17-9-3-10-18-27/h1-20,29-30H,21,23-24H2/t29?,30-/m1/s1. The molecule has 2 atom stereocenters. The lowest BCUT2D eigenvalue weighted by Crippen LogP contribution is -2.45. The van der Waals surface area contributed by atoms with E-state index in [4.69, 9.17) is 4.74 Å². The predicted molar refractivity (Wildman–Crippen MR) is 137 cm³/mol. The van der Waals surface area contributed by atoms with Crippen molar-refractivity contribution in [2.24, 2.45) is 0 Å². The van der Waals surface area contributed by atoms with Crippen LogP contribution >= 0.6 is 0 Å². The van der Waals surface area contributed by atoms with Gasteiger partial charge >= 0.3 is 5.97 Å².